The van der Waals surface area contributed by atoms with E-state index in [2.05, 4.69) is 16.0 Å². The molecule has 0 fully saturated rings. The molecule has 0 saturated carbocycles. The molecule has 0 radical (unpaired) electrons. The highest BCUT2D eigenvalue weighted by Gasteiger charge is 2.33. The zero-order valence-corrected chi connectivity index (χ0v) is 20.7. The number of nitrogens with two attached hydrogens (primary N) is 1. The van der Waals surface area contributed by atoms with Crippen molar-refractivity contribution in [2.75, 3.05) is 12.0 Å². The van der Waals surface area contributed by atoms with E-state index in [9.17, 15) is 34.2 Å². The average Bonchev–Trinajstić information content (AvgIpc) is 2.76. The molecular formula is C21H38N4O7S. The van der Waals surface area contributed by atoms with Gasteiger partial charge >= 0.3 is 11.9 Å². The SMILES string of the molecule is CCC(C)C(N)C(=O)NC(CC(=O)O)C(=O)NC(CCSC)C(=O)NC(C(=O)O)C(C)CC. The zero-order chi connectivity index (χ0) is 25.7. The van der Waals surface area contributed by atoms with Crippen LogP contribution in [0.25, 0.3) is 0 Å². The molecule has 0 bridgehead atoms. The molecule has 0 aromatic rings. The lowest BCUT2D eigenvalue weighted by molar-refractivity contribution is -0.144. The highest BCUT2D eigenvalue weighted by Crippen LogP contribution is 2.10. The zero-order valence-electron chi connectivity index (χ0n) is 19.9. The number of hydrogen-bond acceptors (Lipinski definition) is 7. The van der Waals surface area contributed by atoms with Crippen LogP contribution >= 0.6 is 11.8 Å². The van der Waals surface area contributed by atoms with Crippen LogP contribution in [0.2, 0.25) is 0 Å². The molecule has 0 aromatic carbocycles. The van der Waals surface area contributed by atoms with E-state index < -0.39 is 60.2 Å². The number of rotatable bonds is 16. The lowest BCUT2D eigenvalue weighted by Crippen LogP contribution is -2.58. The number of carbonyl (C=O) groups is 5. The number of thioether (sulfide) groups is 1. The minimum Gasteiger partial charge on any atom is -0.481 e. The van der Waals surface area contributed by atoms with Gasteiger partial charge in [-0.05, 0) is 30.3 Å². The summed E-state index contributed by atoms with van der Waals surface area (Å²) in [6.07, 6.45) is 2.42. The Balaban J connectivity index is 5.56. The third-order valence-electron chi connectivity index (χ3n) is 5.59. The second-order valence-corrected chi connectivity index (χ2v) is 9.11. The second kappa shape index (κ2) is 15.5. The van der Waals surface area contributed by atoms with Gasteiger partial charge in [0.15, 0.2) is 0 Å². The average molecular weight is 491 g/mol. The van der Waals surface area contributed by atoms with Crippen LogP contribution in [0.5, 0.6) is 0 Å². The van der Waals surface area contributed by atoms with Crippen LogP contribution in [-0.2, 0) is 24.0 Å². The number of carbonyl (C=O) groups excluding carboxylic acids is 3. The van der Waals surface area contributed by atoms with Crippen molar-refractivity contribution >= 4 is 41.4 Å². The minimum atomic E-state index is -1.44. The largest absolute Gasteiger partial charge is 0.481 e. The predicted molar refractivity (Wildman–Crippen MR) is 126 cm³/mol. The van der Waals surface area contributed by atoms with Crippen molar-refractivity contribution < 1.29 is 34.2 Å². The van der Waals surface area contributed by atoms with Gasteiger partial charge in [-0.2, -0.15) is 11.8 Å². The lowest BCUT2D eigenvalue weighted by atomic mass is 9.98. The molecule has 12 heteroatoms. The fourth-order valence-electron chi connectivity index (χ4n) is 2.88. The van der Waals surface area contributed by atoms with Crippen LogP contribution in [0.15, 0.2) is 0 Å². The standard InChI is InChI=1S/C21H38N4O7S/c1-6-11(3)16(22)20(30)24-14(10-15(26)27)19(29)23-13(8-9-33-5)18(28)25-17(21(31)32)12(4)7-2/h11-14,16-17H,6-10,22H2,1-5H3,(H,23,29)(H,24,30)(H,25,28)(H,26,27)(H,31,32). The maximum Gasteiger partial charge on any atom is 0.326 e. The van der Waals surface area contributed by atoms with E-state index in [1.54, 1.807) is 27.0 Å². The summed E-state index contributed by atoms with van der Waals surface area (Å²) in [5.41, 5.74) is 5.88. The topological polar surface area (TPSA) is 188 Å². The van der Waals surface area contributed by atoms with E-state index in [4.69, 9.17) is 5.73 Å². The van der Waals surface area contributed by atoms with Crippen LogP contribution in [0, 0.1) is 11.8 Å². The molecule has 0 aliphatic rings. The molecule has 0 aromatic heterocycles. The normalized spacial score (nSPS) is 16.4. The Hall–Kier alpha value is -2.34. The van der Waals surface area contributed by atoms with Gasteiger partial charge in [0.2, 0.25) is 17.7 Å². The van der Waals surface area contributed by atoms with Crippen molar-refractivity contribution in [2.24, 2.45) is 17.6 Å². The number of carboxylic acids is 2. The molecule has 3 amide bonds. The van der Waals surface area contributed by atoms with E-state index >= 15 is 0 Å². The van der Waals surface area contributed by atoms with Gasteiger partial charge in [0.1, 0.15) is 18.1 Å². The van der Waals surface area contributed by atoms with E-state index in [1.807, 2.05) is 6.92 Å². The van der Waals surface area contributed by atoms with Crippen LogP contribution in [-0.4, -0.2) is 76.0 Å². The summed E-state index contributed by atoms with van der Waals surface area (Å²) < 4.78 is 0. The van der Waals surface area contributed by atoms with Gasteiger partial charge in [0.25, 0.3) is 0 Å². The molecule has 0 spiro atoms. The molecule has 0 heterocycles. The summed E-state index contributed by atoms with van der Waals surface area (Å²) >= 11 is 1.42. The quantitative estimate of drug-likeness (QED) is 0.175. The molecule has 0 rings (SSSR count). The number of nitrogens with one attached hydrogen (secondary N) is 3. The van der Waals surface area contributed by atoms with Gasteiger partial charge in [-0.3, -0.25) is 19.2 Å². The first-order valence-corrected chi connectivity index (χ1v) is 12.4. The van der Waals surface area contributed by atoms with E-state index in [0.29, 0.717) is 18.6 Å². The predicted octanol–water partition coefficient (Wildman–Crippen LogP) is 0.173. The number of carboxylic acid groups (broad SMARTS) is 2. The van der Waals surface area contributed by atoms with Gasteiger partial charge in [-0.15, -0.1) is 0 Å². The minimum absolute atomic E-state index is 0.186. The van der Waals surface area contributed by atoms with Gasteiger partial charge in [0.05, 0.1) is 12.5 Å². The molecule has 7 N–H and O–H groups in total. The van der Waals surface area contributed by atoms with Crippen LogP contribution in [0.1, 0.15) is 53.4 Å². The fourth-order valence-corrected chi connectivity index (χ4v) is 3.35. The van der Waals surface area contributed by atoms with E-state index in [1.165, 1.54) is 11.8 Å². The molecule has 6 atom stereocenters. The second-order valence-electron chi connectivity index (χ2n) is 8.12. The molecule has 0 aliphatic heterocycles. The van der Waals surface area contributed by atoms with Crippen molar-refractivity contribution in [1.29, 1.82) is 0 Å². The van der Waals surface area contributed by atoms with Crippen LogP contribution < -0.4 is 21.7 Å². The summed E-state index contributed by atoms with van der Waals surface area (Å²) in [5, 5.41) is 25.9. The Morgan fingerprint density at radius 3 is 1.82 bits per heavy atom. The van der Waals surface area contributed by atoms with Crippen molar-refractivity contribution in [3.8, 4) is 0 Å². The Morgan fingerprint density at radius 1 is 0.848 bits per heavy atom. The molecule has 190 valence electrons. The lowest BCUT2D eigenvalue weighted by Gasteiger charge is -2.26. The molecule has 33 heavy (non-hydrogen) atoms. The third kappa shape index (κ3) is 10.9. The number of hydrogen-bond donors (Lipinski definition) is 6. The molecule has 11 nitrogen and oxygen atoms in total. The monoisotopic (exact) mass is 490 g/mol. The maximum absolute atomic E-state index is 12.8. The van der Waals surface area contributed by atoms with Crippen molar-refractivity contribution in [3.05, 3.63) is 0 Å². The number of aliphatic carboxylic acids is 2. The van der Waals surface area contributed by atoms with Crippen molar-refractivity contribution in [1.82, 2.24) is 16.0 Å². The summed E-state index contributed by atoms with van der Waals surface area (Å²) in [6.45, 7) is 7.09. The number of amides is 3. The first kappa shape index (κ1) is 30.7. The van der Waals surface area contributed by atoms with Crippen LogP contribution in [0.3, 0.4) is 0 Å². The maximum atomic E-state index is 12.8. The van der Waals surface area contributed by atoms with E-state index in [0.717, 1.165) is 0 Å². The highest BCUT2D eigenvalue weighted by molar-refractivity contribution is 7.98. The highest BCUT2D eigenvalue weighted by atomic mass is 32.2. The Labute approximate surface area is 199 Å². The summed E-state index contributed by atoms with van der Waals surface area (Å²) in [4.78, 5) is 60.9. The molecule has 0 saturated heterocycles. The van der Waals surface area contributed by atoms with Crippen LogP contribution in [0.4, 0.5) is 0 Å². The Morgan fingerprint density at radius 2 is 1.36 bits per heavy atom. The smallest absolute Gasteiger partial charge is 0.326 e. The van der Waals surface area contributed by atoms with Gasteiger partial charge in [-0.25, -0.2) is 4.79 Å². The fraction of sp³-hybridized carbons (Fsp3) is 0.762. The Kier molecular flexibility index (Phi) is 14.4. The third-order valence-corrected chi connectivity index (χ3v) is 6.24. The summed E-state index contributed by atoms with van der Waals surface area (Å²) in [7, 11) is 0. The first-order valence-electron chi connectivity index (χ1n) is 11.0. The molecule has 0 aliphatic carbocycles. The van der Waals surface area contributed by atoms with Gasteiger partial charge in [0, 0.05) is 0 Å². The van der Waals surface area contributed by atoms with Gasteiger partial charge < -0.3 is 31.9 Å². The molecular weight excluding hydrogens is 452 g/mol. The van der Waals surface area contributed by atoms with Gasteiger partial charge in [-0.1, -0.05) is 40.5 Å². The Bertz CT molecular complexity index is 692. The first-order chi connectivity index (χ1) is 15.4. The van der Waals surface area contributed by atoms with Crippen molar-refractivity contribution in [3.63, 3.8) is 0 Å². The summed E-state index contributed by atoms with van der Waals surface area (Å²) in [5.74, 6) is -4.78. The molecule has 6 unspecified atom stereocenters. The van der Waals surface area contributed by atoms with Crippen molar-refractivity contribution in [2.45, 2.75) is 77.5 Å². The summed E-state index contributed by atoms with van der Waals surface area (Å²) in [6, 6.07) is -4.62. The van der Waals surface area contributed by atoms with E-state index in [-0.39, 0.29) is 18.3 Å².